The topological polar surface area (TPSA) is 61.4 Å². The fraction of sp³-hybridized carbons (Fsp3) is 0.929. The number of carbonyl (C=O) groups excluding carboxylic acids is 1. The van der Waals surface area contributed by atoms with Crippen molar-refractivity contribution in [3.63, 3.8) is 0 Å². The summed E-state index contributed by atoms with van der Waals surface area (Å²) in [7, 11) is 0. The minimum Gasteiger partial charge on any atom is -0.396 e. The number of aliphatic hydroxyl groups is 1. The van der Waals surface area contributed by atoms with Crippen LogP contribution in [0.1, 0.15) is 47.5 Å². The molecule has 0 aromatic carbocycles. The number of rotatable bonds is 9. The third-order valence-electron chi connectivity index (χ3n) is 3.12. The standard InChI is InChI=1S/C14H30N2O2/c1-10(2)6-8-15-14(18)12(5)16-13(7-9-17)11(3)4/h10-13,16-17H,6-9H2,1-5H3,(H,15,18). The number of hydrogen-bond acceptors (Lipinski definition) is 3. The molecule has 108 valence electrons. The smallest absolute Gasteiger partial charge is 0.236 e. The van der Waals surface area contributed by atoms with Crippen molar-refractivity contribution in [2.24, 2.45) is 11.8 Å². The molecule has 0 rings (SSSR count). The van der Waals surface area contributed by atoms with Crippen LogP contribution in [0.5, 0.6) is 0 Å². The predicted octanol–water partition coefficient (Wildman–Crippen LogP) is 1.53. The summed E-state index contributed by atoms with van der Waals surface area (Å²) < 4.78 is 0. The van der Waals surface area contributed by atoms with E-state index in [-0.39, 0.29) is 24.6 Å². The van der Waals surface area contributed by atoms with Gasteiger partial charge in [0.25, 0.3) is 0 Å². The van der Waals surface area contributed by atoms with Crippen LogP contribution >= 0.6 is 0 Å². The zero-order chi connectivity index (χ0) is 14.1. The largest absolute Gasteiger partial charge is 0.396 e. The Kier molecular flexibility index (Phi) is 9.02. The number of amides is 1. The van der Waals surface area contributed by atoms with Crippen LogP contribution < -0.4 is 10.6 Å². The van der Waals surface area contributed by atoms with Crippen molar-refractivity contribution in [3.05, 3.63) is 0 Å². The summed E-state index contributed by atoms with van der Waals surface area (Å²) in [6.45, 7) is 11.2. The molecular formula is C14H30N2O2. The molecule has 0 aliphatic heterocycles. The zero-order valence-electron chi connectivity index (χ0n) is 12.5. The van der Waals surface area contributed by atoms with Gasteiger partial charge in [-0.05, 0) is 31.6 Å². The molecule has 0 spiro atoms. The van der Waals surface area contributed by atoms with Crippen LogP contribution in [0, 0.1) is 11.8 Å². The van der Waals surface area contributed by atoms with E-state index in [2.05, 4.69) is 38.3 Å². The second-order valence-corrected chi connectivity index (χ2v) is 5.72. The van der Waals surface area contributed by atoms with Crippen molar-refractivity contribution in [2.45, 2.75) is 59.5 Å². The molecule has 0 aromatic rings. The Bertz CT molecular complexity index is 230. The first-order valence-corrected chi connectivity index (χ1v) is 7.03. The third kappa shape index (κ3) is 7.67. The average molecular weight is 258 g/mol. The van der Waals surface area contributed by atoms with Crippen molar-refractivity contribution in [3.8, 4) is 0 Å². The van der Waals surface area contributed by atoms with E-state index in [1.807, 2.05) is 6.92 Å². The first-order valence-electron chi connectivity index (χ1n) is 7.03. The lowest BCUT2D eigenvalue weighted by atomic mass is 10.0. The van der Waals surface area contributed by atoms with Gasteiger partial charge in [0.2, 0.25) is 5.91 Å². The molecule has 2 atom stereocenters. The fourth-order valence-electron chi connectivity index (χ4n) is 1.78. The second kappa shape index (κ2) is 9.34. The fourth-order valence-corrected chi connectivity index (χ4v) is 1.78. The summed E-state index contributed by atoms with van der Waals surface area (Å²) in [6, 6.07) is -0.0306. The molecule has 0 heterocycles. The van der Waals surface area contributed by atoms with E-state index in [0.717, 1.165) is 13.0 Å². The molecule has 0 saturated heterocycles. The number of nitrogens with one attached hydrogen (secondary N) is 2. The van der Waals surface area contributed by atoms with Crippen LogP contribution in [0.4, 0.5) is 0 Å². The molecule has 0 radical (unpaired) electrons. The van der Waals surface area contributed by atoms with E-state index < -0.39 is 0 Å². The highest BCUT2D eigenvalue weighted by Crippen LogP contribution is 2.06. The molecule has 4 heteroatoms. The van der Waals surface area contributed by atoms with Crippen LogP contribution in [0.15, 0.2) is 0 Å². The van der Waals surface area contributed by atoms with Gasteiger partial charge < -0.3 is 15.7 Å². The first kappa shape index (κ1) is 17.4. The first-order chi connectivity index (χ1) is 8.38. The maximum atomic E-state index is 11.9. The normalized spacial score (nSPS) is 14.9. The lowest BCUT2D eigenvalue weighted by Gasteiger charge is -2.25. The van der Waals surface area contributed by atoms with Crippen molar-refractivity contribution in [1.29, 1.82) is 0 Å². The van der Waals surface area contributed by atoms with Gasteiger partial charge in [0.1, 0.15) is 0 Å². The van der Waals surface area contributed by atoms with Gasteiger partial charge in [-0.2, -0.15) is 0 Å². The number of aliphatic hydroxyl groups excluding tert-OH is 1. The van der Waals surface area contributed by atoms with Crippen LogP contribution in [0.25, 0.3) is 0 Å². The molecule has 0 bridgehead atoms. The molecule has 4 nitrogen and oxygen atoms in total. The highest BCUT2D eigenvalue weighted by Gasteiger charge is 2.19. The van der Waals surface area contributed by atoms with Crippen LogP contribution in [0.3, 0.4) is 0 Å². The zero-order valence-corrected chi connectivity index (χ0v) is 12.5. The third-order valence-corrected chi connectivity index (χ3v) is 3.12. The monoisotopic (exact) mass is 258 g/mol. The molecule has 0 saturated carbocycles. The molecule has 1 amide bonds. The summed E-state index contributed by atoms with van der Waals surface area (Å²) in [5.74, 6) is 1.05. The molecule has 0 aromatic heterocycles. The summed E-state index contributed by atoms with van der Waals surface area (Å²) in [5.41, 5.74) is 0. The van der Waals surface area contributed by atoms with E-state index in [4.69, 9.17) is 5.11 Å². The van der Waals surface area contributed by atoms with Crippen LogP contribution in [0.2, 0.25) is 0 Å². The van der Waals surface area contributed by atoms with Gasteiger partial charge in [-0.15, -0.1) is 0 Å². The highest BCUT2D eigenvalue weighted by molar-refractivity contribution is 5.81. The Morgan fingerprint density at radius 2 is 1.72 bits per heavy atom. The van der Waals surface area contributed by atoms with Gasteiger partial charge >= 0.3 is 0 Å². The molecule has 3 N–H and O–H groups in total. The highest BCUT2D eigenvalue weighted by atomic mass is 16.3. The summed E-state index contributed by atoms with van der Waals surface area (Å²) >= 11 is 0. The average Bonchev–Trinajstić information content (AvgIpc) is 2.27. The van der Waals surface area contributed by atoms with E-state index in [1.165, 1.54) is 0 Å². The quantitative estimate of drug-likeness (QED) is 0.588. The number of hydrogen-bond donors (Lipinski definition) is 3. The molecule has 18 heavy (non-hydrogen) atoms. The molecule has 0 fully saturated rings. The second-order valence-electron chi connectivity index (χ2n) is 5.72. The Hall–Kier alpha value is -0.610. The van der Waals surface area contributed by atoms with Gasteiger partial charge in [0.15, 0.2) is 0 Å². The van der Waals surface area contributed by atoms with E-state index in [1.54, 1.807) is 0 Å². The van der Waals surface area contributed by atoms with Crippen LogP contribution in [-0.4, -0.2) is 36.2 Å². The molecular weight excluding hydrogens is 228 g/mol. The van der Waals surface area contributed by atoms with Gasteiger partial charge in [-0.25, -0.2) is 0 Å². The molecule has 0 aliphatic rings. The Labute approximate surface area is 112 Å². The maximum absolute atomic E-state index is 11.9. The molecule has 0 aliphatic carbocycles. The Balaban J connectivity index is 4.04. The van der Waals surface area contributed by atoms with Crippen molar-refractivity contribution in [1.82, 2.24) is 10.6 Å². The van der Waals surface area contributed by atoms with Crippen LogP contribution in [-0.2, 0) is 4.79 Å². The summed E-state index contributed by atoms with van der Waals surface area (Å²) in [5, 5.41) is 15.2. The Morgan fingerprint density at radius 1 is 1.11 bits per heavy atom. The maximum Gasteiger partial charge on any atom is 0.236 e. The summed E-state index contributed by atoms with van der Waals surface area (Å²) in [6.07, 6.45) is 1.68. The van der Waals surface area contributed by atoms with Crippen molar-refractivity contribution >= 4 is 5.91 Å². The van der Waals surface area contributed by atoms with Gasteiger partial charge in [-0.3, -0.25) is 4.79 Å². The van der Waals surface area contributed by atoms with Gasteiger partial charge in [-0.1, -0.05) is 27.7 Å². The SMILES string of the molecule is CC(C)CCNC(=O)C(C)NC(CCO)C(C)C. The van der Waals surface area contributed by atoms with E-state index in [0.29, 0.717) is 18.3 Å². The number of carbonyl (C=O) groups is 1. The molecule has 2 unspecified atom stereocenters. The predicted molar refractivity (Wildman–Crippen MR) is 75.4 cm³/mol. The Morgan fingerprint density at radius 3 is 2.17 bits per heavy atom. The minimum atomic E-state index is -0.212. The lowest BCUT2D eigenvalue weighted by molar-refractivity contribution is -0.123. The lowest BCUT2D eigenvalue weighted by Crippen LogP contribution is -2.48. The van der Waals surface area contributed by atoms with Crippen molar-refractivity contribution < 1.29 is 9.90 Å². The van der Waals surface area contributed by atoms with E-state index in [9.17, 15) is 4.79 Å². The van der Waals surface area contributed by atoms with Gasteiger partial charge in [0.05, 0.1) is 6.04 Å². The van der Waals surface area contributed by atoms with Crippen molar-refractivity contribution in [2.75, 3.05) is 13.2 Å². The van der Waals surface area contributed by atoms with E-state index >= 15 is 0 Å². The van der Waals surface area contributed by atoms with Gasteiger partial charge in [0, 0.05) is 19.2 Å². The summed E-state index contributed by atoms with van der Waals surface area (Å²) in [4.78, 5) is 11.9. The minimum absolute atomic E-state index is 0.0410.